The van der Waals surface area contributed by atoms with Crippen molar-refractivity contribution in [3.63, 3.8) is 0 Å². The number of thioether (sulfide) groups is 1. The zero-order valence-corrected chi connectivity index (χ0v) is 13.0. The Balaban J connectivity index is 1.64. The van der Waals surface area contributed by atoms with E-state index in [1.807, 2.05) is 12.1 Å². The van der Waals surface area contributed by atoms with Crippen LogP contribution in [-0.4, -0.2) is 34.8 Å². The lowest BCUT2D eigenvalue weighted by Gasteiger charge is -2.23. The number of carboxylic acid groups (broad SMARTS) is 1. The SMILES string of the molecule is O=C(O)[C@@]12CCC[C@H]1CN(Cc1ccc(SC(F)F)cc1)C2. The van der Waals surface area contributed by atoms with E-state index in [0.717, 1.165) is 31.4 Å². The second-order valence-electron chi connectivity index (χ2n) is 6.24. The molecule has 6 heteroatoms. The van der Waals surface area contributed by atoms with E-state index < -0.39 is 17.1 Å². The van der Waals surface area contributed by atoms with Gasteiger partial charge in [0.25, 0.3) is 5.76 Å². The highest BCUT2D eigenvalue weighted by molar-refractivity contribution is 7.99. The van der Waals surface area contributed by atoms with Crippen LogP contribution in [0.5, 0.6) is 0 Å². The van der Waals surface area contributed by atoms with Crippen LogP contribution in [0.4, 0.5) is 8.78 Å². The third-order valence-corrected chi connectivity index (χ3v) is 5.64. The van der Waals surface area contributed by atoms with Crippen LogP contribution in [0.3, 0.4) is 0 Å². The van der Waals surface area contributed by atoms with E-state index in [1.165, 1.54) is 0 Å². The van der Waals surface area contributed by atoms with Gasteiger partial charge in [0.05, 0.1) is 5.41 Å². The molecule has 1 aromatic carbocycles. The molecule has 1 aromatic rings. The van der Waals surface area contributed by atoms with Crippen molar-refractivity contribution in [3.8, 4) is 0 Å². The Morgan fingerprint density at radius 1 is 1.41 bits per heavy atom. The van der Waals surface area contributed by atoms with Crippen LogP contribution in [0.25, 0.3) is 0 Å². The Morgan fingerprint density at radius 2 is 2.14 bits per heavy atom. The lowest BCUT2D eigenvalue weighted by atomic mass is 9.81. The fraction of sp³-hybridized carbons (Fsp3) is 0.562. The largest absolute Gasteiger partial charge is 0.481 e. The van der Waals surface area contributed by atoms with E-state index in [-0.39, 0.29) is 5.92 Å². The fourth-order valence-corrected chi connectivity index (χ4v) is 4.40. The van der Waals surface area contributed by atoms with Gasteiger partial charge >= 0.3 is 5.97 Å². The number of hydrogen-bond donors (Lipinski definition) is 1. The molecule has 2 aliphatic rings. The van der Waals surface area contributed by atoms with Gasteiger partial charge in [-0.1, -0.05) is 30.3 Å². The topological polar surface area (TPSA) is 40.5 Å². The van der Waals surface area contributed by atoms with Crippen molar-refractivity contribution in [2.75, 3.05) is 13.1 Å². The third kappa shape index (κ3) is 2.99. The van der Waals surface area contributed by atoms with Crippen molar-refractivity contribution < 1.29 is 18.7 Å². The van der Waals surface area contributed by atoms with Crippen LogP contribution >= 0.6 is 11.8 Å². The second kappa shape index (κ2) is 6.16. The second-order valence-corrected chi connectivity index (χ2v) is 7.31. The molecule has 0 aromatic heterocycles. The van der Waals surface area contributed by atoms with Crippen molar-refractivity contribution in [3.05, 3.63) is 29.8 Å². The number of likely N-dealkylation sites (tertiary alicyclic amines) is 1. The molecule has 1 heterocycles. The van der Waals surface area contributed by atoms with Crippen molar-refractivity contribution in [2.24, 2.45) is 11.3 Å². The van der Waals surface area contributed by atoms with Crippen LogP contribution in [0.15, 0.2) is 29.2 Å². The van der Waals surface area contributed by atoms with Crippen LogP contribution in [-0.2, 0) is 11.3 Å². The maximum atomic E-state index is 12.3. The van der Waals surface area contributed by atoms with Crippen LogP contribution in [0.1, 0.15) is 24.8 Å². The van der Waals surface area contributed by atoms with Gasteiger partial charge in [-0.2, -0.15) is 8.78 Å². The van der Waals surface area contributed by atoms with E-state index in [2.05, 4.69) is 4.90 Å². The number of rotatable bonds is 5. The first-order valence-corrected chi connectivity index (χ1v) is 8.37. The molecule has 0 bridgehead atoms. The van der Waals surface area contributed by atoms with Gasteiger partial charge in [0.15, 0.2) is 0 Å². The molecular formula is C16H19F2NO2S. The molecule has 1 saturated carbocycles. The molecule has 0 unspecified atom stereocenters. The Morgan fingerprint density at radius 3 is 2.73 bits per heavy atom. The van der Waals surface area contributed by atoms with Crippen molar-refractivity contribution >= 4 is 17.7 Å². The zero-order chi connectivity index (χ0) is 15.7. The molecule has 0 spiro atoms. The molecule has 120 valence electrons. The summed E-state index contributed by atoms with van der Waals surface area (Å²) in [6, 6.07) is 7.12. The first-order chi connectivity index (χ1) is 10.5. The number of nitrogens with zero attached hydrogens (tertiary/aromatic N) is 1. The summed E-state index contributed by atoms with van der Waals surface area (Å²) in [6.07, 6.45) is 2.77. The maximum absolute atomic E-state index is 12.3. The smallest absolute Gasteiger partial charge is 0.311 e. The highest BCUT2D eigenvalue weighted by Crippen LogP contribution is 2.49. The minimum absolute atomic E-state index is 0.249. The minimum atomic E-state index is -2.40. The number of carbonyl (C=O) groups is 1. The number of aliphatic carboxylic acids is 1. The third-order valence-electron chi connectivity index (χ3n) is 4.92. The summed E-state index contributed by atoms with van der Waals surface area (Å²) in [5.74, 6) is -2.82. The predicted molar refractivity (Wildman–Crippen MR) is 81.0 cm³/mol. The number of fused-ring (bicyclic) bond motifs is 1. The van der Waals surface area contributed by atoms with Crippen molar-refractivity contribution in [2.45, 2.75) is 36.5 Å². The summed E-state index contributed by atoms with van der Waals surface area (Å²) in [5.41, 5.74) is 0.477. The van der Waals surface area contributed by atoms with Gasteiger partial charge in [-0.15, -0.1) is 0 Å². The Kier molecular flexibility index (Phi) is 4.41. The molecule has 0 amide bonds. The van der Waals surface area contributed by atoms with Gasteiger partial charge in [-0.3, -0.25) is 9.69 Å². The van der Waals surface area contributed by atoms with Crippen LogP contribution < -0.4 is 0 Å². The van der Waals surface area contributed by atoms with Gasteiger partial charge in [-0.25, -0.2) is 0 Å². The minimum Gasteiger partial charge on any atom is -0.481 e. The predicted octanol–water partition coefficient (Wildman–Crippen LogP) is 3.69. The molecule has 2 fully saturated rings. The molecule has 1 aliphatic heterocycles. The average molecular weight is 327 g/mol. The summed E-state index contributed by atoms with van der Waals surface area (Å²) in [7, 11) is 0. The van der Waals surface area contributed by atoms with Gasteiger partial charge < -0.3 is 5.11 Å². The Labute approximate surface area is 132 Å². The quantitative estimate of drug-likeness (QED) is 0.838. The lowest BCUT2D eigenvalue weighted by molar-refractivity contribution is -0.149. The average Bonchev–Trinajstić information content (AvgIpc) is 2.98. The number of hydrogen-bond acceptors (Lipinski definition) is 3. The van der Waals surface area contributed by atoms with Gasteiger partial charge in [-0.05, 0) is 36.5 Å². The molecule has 1 aliphatic carbocycles. The molecule has 0 radical (unpaired) electrons. The van der Waals surface area contributed by atoms with E-state index in [1.54, 1.807) is 12.1 Å². The first-order valence-electron chi connectivity index (χ1n) is 7.49. The first kappa shape index (κ1) is 15.7. The number of alkyl halides is 2. The van der Waals surface area contributed by atoms with E-state index >= 15 is 0 Å². The number of benzene rings is 1. The van der Waals surface area contributed by atoms with Crippen LogP contribution in [0.2, 0.25) is 0 Å². The van der Waals surface area contributed by atoms with E-state index in [9.17, 15) is 18.7 Å². The monoisotopic (exact) mass is 327 g/mol. The summed E-state index contributed by atoms with van der Waals surface area (Å²) >= 11 is 0.542. The summed E-state index contributed by atoms with van der Waals surface area (Å²) in [4.78, 5) is 14.4. The fourth-order valence-electron chi connectivity index (χ4n) is 3.90. The van der Waals surface area contributed by atoms with Crippen molar-refractivity contribution in [1.82, 2.24) is 4.90 Å². The summed E-state index contributed by atoms with van der Waals surface area (Å²) in [5, 5.41) is 9.58. The zero-order valence-electron chi connectivity index (χ0n) is 12.2. The standard InChI is InChI=1S/C16H19F2NO2S/c17-15(18)22-13-5-3-11(4-6-13)8-19-9-12-2-1-7-16(12,10-19)14(20)21/h3-6,12,15H,1-2,7-10H2,(H,20,21)/t12-,16+/m0/s1. The molecule has 22 heavy (non-hydrogen) atoms. The molecule has 2 atom stereocenters. The Bertz CT molecular complexity index is 552. The maximum Gasteiger partial charge on any atom is 0.311 e. The van der Waals surface area contributed by atoms with Gasteiger partial charge in [0.1, 0.15) is 0 Å². The normalized spacial score (nSPS) is 28.2. The molecule has 1 saturated heterocycles. The van der Waals surface area contributed by atoms with E-state index in [0.29, 0.717) is 29.7 Å². The number of carboxylic acids is 1. The highest BCUT2D eigenvalue weighted by Gasteiger charge is 2.54. The number of halogens is 2. The lowest BCUT2D eigenvalue weighted by Crippen LogP contribution is -2.35. The van der Waals surface area contributed by atoms with Gasteiger partial charge in [0, 0.05) is 24.5 Å². The van der Waals surface area contributed by atoms with E-state index in [4.69, 9.17) is 0 Å². The van der Waals surface area contributed by atoms with Gasteiger partial charge in [0.2, 0.25) is 0 Å². The Hall–Kier alpha value is -1.14. The highest BCUT2D eigenvalue weighted by atomic mass is 32.2. The summed E-state index contributed by atoms with van der Waals surface area (Å²) in [6.45, 7) is 2.10. The molecule has 3 nitrogen and oxygen atoms in total. The molecular weight excluding hydrogens is 308 g/mol. The summed E-state index contributed by atoms with van der Waals surface area (Å²) < 4.78 is 24.6. The van der Waals surface area contributed by atoms with Crippen LogP contribution in [0, 0.1) is 11.3 Å². The van der Waals surface area contributed by atoms with Crippen molar-refractivity contribution in [1.29, 1.82) is 0 Å². The molecule has 1 N–H and O–H groups in total. The molecule has 3 rings (SSSR count).